The van der Waals surface area contributed by atoms with Crippen LogP contribution in [-0.2, 0) is 0 Å². The van der Waals surface area contributed by atoms with E-state index in [9.17, 15) is 4.79 Å². The fraction of sp³-hybridized carbons (Fsp3) is 0.381. The summed E-state index contributed by atoms with van der Waals surface area (Å²) in [6.45, 7) is 2.99. The van der Waals surface area contributed by atoms with E-state index in [0.717, 1.165) is 36.7 Å². The van der Waals surface area contributed by atoms with Crippen LogP contribution in [0.1, 0.15) is 12.8 Å². The van der Waals surface area contributed by atoms with E-state index in [-0.39, 0.29) is 5.63 Å². The minimum absolute atomic E-state index is 0.370. The predicted molar refractivity (Wildman–Crippen MR) is 108 cm³/mol. The summed E-state index contributed by atoms with van der Waals surface area (Å²) < 4.78 is 17.0. The van der Waals surface area contributed by atoms with E-state index < -0.39 is 0 Å². The molecular formula is C21H26N2O4. The molecule has 0 fully saturated rings. The van der Waals surface area contributed by atoms with Gasteiger partial charge in [0.2, 0.25) is 0 Å². The average Bonchev–Trinajstić information content (AvgIpc) is 2.69. The molecule has 0 saturated carbocycles. The molecule has 0 unspecified atom stereocenters. The summed E-state index contributed by atoms with van der Waals surface area (Å²) in [6.07, 6.45) is 1.81. The molecular weight excluding hydrogens is 344 g/mol. The van der Waals surface area contributed by atoms with Crippen LogP contribution in [0.4, 0.5) is 0 Å². The first kappa shape index (κ1) is 19.2. The summed E-state index contributed by atoms with van der Waals surface area (Å²) in [5.41, 5.74) is 0.159. The number of nitrogens with one attached hydrogen (secondary N) is 2. The Morgan fingerprint density at radius 3 is 2.04 bits per heavy atom. The van der Waals surface area contributed by atoms with E-state index in [2.05, 4.69) is 10.6 Å². The van der Waals surface area contributed by atoms with Gasteiger partial charge in [-0.1, -0.05) is 0 Å². The zero-order valence-corrected chi connectivity index (χ0v) is 15.8. The zero-order chi connectivity index (χ0) is 19.1. The van der Waals surface area contributed by atoms with Gasteiger partial charge in [-0.3, -0.25) is 0 Å². The van der Waals surface area contributed by atoms with Crippen molar-refractivity contribution in [1.82, 2.24) is 10.6 Å². The number of hydrogen-bond donors (Lipinski definition) is 2. The quantitative estimate of drug-likeness (QED) is 0.325. The van der Waals surface area contributed by atoms with E-state index in [4.69, 9.17) is 13.9 Å². The summed E-state index contributed by atoms with van der Waals surface area (Å²) in [4.78, 5) is 12.5. The molecule has 27 heavy (non-hydrogen) atoms. The van der Waals surface area contributed by atoms with Gasteiger partial charge in [-0.25, -0.2) is 4.79 Å². The lowest BCUT2D eigenvalue weighted by Gasteiger charge is -2.09. The predicted octanol–water partition coefficient (Wildman–Crippen LogP) is 2.92. The maximum absolute atomic E-state index is 12.5. The molecule has 0 aliphatic carbocycles. The first-order chi connectivity index (χ1) is 13.2. The highest BCUT2D eigenvalue weighted by molar-refractivity contribution is 6.04. The molecule has 144 valence electrons. The molecule has 0 saturated heterocycles. The third-order valence-electron chi connectivity index (χ3n) is 4.34. The van der Waals surface area contributed by atoms with E-state index in [1.165, 1.54) is 0 Å². The molecule has 6 nitrogen and oxygen atoms in total. The highest BCUT2D eigenvalue weighted by Gasteiger charge is 2.10. The van der Waals surface area contributed by atoms with Crippen molar-refractivity contribution < 1.29 is 13.9 Å². The van der Waals surface area contributed by atoms with Gasteiger partial charge in [0, 0.05) is 16.8 Å². The lowest BCUT2D eigenvalue weighted by Crippen LogP contribution is -2.11. The van der Waals surface area contributed by atoms with Crippen molar-refractivity contribution in [2.75, 3.05) is 40.4 Å². The monoisotopic (exact) mass is 370 g/mol. The first-order valence-corrected chi connectivity index (χ1v) is 9.28. The molecule has 0 aliphatic rings. The highest BCUT2D eigenvalue weighted by Crippen LogP contribution is 2.28. The third-order valence-corrected chi connectivity index (χ3v) is 4.34. The van der Waals surface area contributed by atoms with Gasteiger partial charge in [0.25, 0.3) is 0 Å². The maximum atomic E-state index is 12.5. The fourth-order valence-corrected chi connectivity index (χ4v) is 2.95. The van der Waals surface area contributed by atoms with Gasteiger partial charge in [-0.2, -0.15) is 0 Å². The topological polar surface area (TPSA) is 72.7 Å². The second-order valence-corrected chi connectivity index (χ2v) is 6.37. The van der Waals surface area contributed by atoms with Crippen LogP contribution in [-0.4, -0.2) is 40.4 Å². The standard InChI is InChI=1S/C21H26N2O4/c1-22-9-3-11-25-15-5-7-17-18-8-6-16(26-12-4-10-23-2)14-20(18)27-21(24)19(17)13-15/h5-8,13-14,22-23H,3-4,9-12H2,1-2H3. The van der Waals surface area contributed by atoms with Gasteiger partial charge in [-0.05, 0) is 70.4 Å². The molecule has 0 radical (unpaired) electrons. The zero-order valence-electron chi connectivity index (χ0n) is 15.8. The van der Waals surface area contributed by atoms with Gasteiger partial charge >= 0.3 is 5.63 Å². The molecule has 0 atom stereocenters. The fourth-order valence-electron chi connectivity index (χ4n) is 2.95. The lowest BCUT2D eigenvalue weighted by molar-refractivity contribution is 0.309. The number of rotatable bonds is 10. The van der Waals surface area contributed by atoms with Gasteiger partial charge in [-0.15, -0.1) is 0 Å². The minimum Gasteiger partial charge on any atom is -0.494 e. The molecule has 6 heteroatoms. The molecule has 2 N–H and O–H groups in total. The molecule has 0 bridgehead atoms. The van der Waals surface area contributed by atoms with Crippen LogP contribution in [0.5, 0.6) is 11.5 Å². The summed E-state index contributed by atoms with van der Waals surface area (Å²) >= 11 is 0. The van der Waals surface area contributed by atoms with Crippen molar-refractivity contribution in [2.45, 2.75) is 12.8 Å². The number of benzene rings is 2. The first-order valence-electron chi connectivity index (χ1n) is 9.28. The Kier molecular flexibility index (Phi) is 6.68. The smallest absolute Gasteiger partial charge is 0.344 e. The van der Waals surface area contributed by atoms with Crippen molar-refractivity contribution in [1.29, 1.82) is 0 Å². The Morgan fingerprint density at radius 2 is 1.41 bits per heavy atom. The minimum atomic E-state index is -0.370. The van der Waals surface area contributed by atoms with Gasteiger partial charge < -0.3 is 24.5 Å². The number of hydrogen-bond acceptors (Lipinski definition) is 6. The Balaban J connectivity index is 1.84. The lowest BCUT2D eigenvalue weighted by atomic mass is 10.1. The summed E-state index contributed by atoms with van der Waals surface area (Å²) in [7, 11) is 3.82. The van der Waals surface area contributed by atoms with E-state index >= 15 is 0 Å². The normalized spacial score (nSPS) is 11.2. The maximum Gasteiger partial charge on any atom is 0.344 e. The van der Waals surface area contributed by atoms with Gasteiger partial charge in [0.1, 0.15) is 17.1 Å². The Morgan fingerprint density at radius 1 is 0.815 bits per heavy atom. The van der Waals surface area contributed by atoms with Crippen LogP contribution in [0.2, 0.25) is 0 Å². The molecule has 2 aromatic carbocycles. The number of fused-ring (bicyclic) bond motifs is 3. The number of ether oxygens (including phenoxy) is 2. The third kappa shape index (κ3) is 4.78. The van der Waals surface area contributed by atoms with Gasteiger partial charge in [0.05, 0.1) is 18.6 Å². The van der Waals surface area contributed by atoms with Crippen molar-refractivity contribution >= 4 is 21.7 Å². The molecule has 0 spiro atoms. The van der Waals surface area contributed by atoms with Crippen molar-refractivity contribution in [3.63, 3.8) is 0 Å². The Labute approximate surface area is 158 Å². The summed E-state index contributed by atoms with van der Waals surface area (Å²) in [6, 6.07) is 11.2. The van der Waals surface area contributed by atoms with Crippen LogP contribution in [0.25, 0.3) is 21.7 Å². The van der Waals surface area contributed by atoms with Crippen LogP contribution in [0, 0.1) is 0 Å². The van der Waals surface area contributed by atoms with Crippen molar-refractivity contribution in [3.8, 4) is 11.5 Å². The van der Waals surface area contributed by atoms with Crippen LogP contribution < -0.4 is 25.7 Å². The summed E-state index contributed by atoms with van der Waals surface area (Å²) in [5, 5.41) is 8.42. The summed E-state index contributed by atoms with van der Waals surface area (Å²) in [5.74, 6) is 1.38. The van der Waals surface area contributed by atoms with Gasteiger partial charge in [0.15, 0.2) is 0 Å². The van der Waals surface area contributed by atoms with E-state index in [1.807, 2.05) is 38.4 Å². The molecule has 1 aromatic heterocycles. The average molecular weight is 370 g/mol. The Bertz CT molecular complexity index is 952. The second kappa shape index (κ2) is 9.39. The highest BCUT2D eigenvalue weighted by atomic mass is 16.5. The van der Waals surface area contributed by atoms with Crippen molar-refractivity contribution in [3.05, 3.63) is 46.8 Å². The van der Waals surface area contributed by atoms with E-state index in [0.29, 0.717) is 35.7 Å². The van der Waals surface area contributed by atoms with Crippen LogP contribution in [0.3, 0.4) is 0 Å². The molecule has 3 aromatic rings. The van der Waals surface area contributed by atoms with Crippen molar-refractivity contribution in [2.24, 2.45) is 0 Å². The van der Waals surface area contributed by atoms with Crippen LogP contribution >= 0.6 is 0 Å². The van der Waals surface area contributed by atoms with E-state index in [1.54, 1.807) is 12.1 Å². The second-order valence-electron chi connectivity index (χ2n) is 6.37. The largest absolute Gasteiger partial charge is 0.494 e. The molecule has 3 rings (SSSR count). The SMILES string of the molecule is CNCCCOc1ccc2c(c1)oc(=O)c1cc(OCCCNC)ccc12. The van der Waals surface area contributed by atoms with Crippen LogP contribution in [0.15, 0.2) is 45.6 Å². The molecule has 1 heterocycles. The molecule has 0 aliphatic heterocycles. The Hall–Kier alpha value is -2.57. The molecule has 0 amide bonds.